The number of halogens is 1. The zero-order valence-electron chi connectivity index (χ0n) is 14.9. The second-order valence-electron chi connectivity index (χ2n) is 8.81. The van der Waals surface area contributed by atoms with Gasteiger partial charge in [-0.1, -0.05) is 6.42 Å². The van der Waals surface area contributed by atoms with E-state index in [2.05, 4.69) is 39.9 Å². The van der Waals surface area contributed by atoms with Crippen LogP contribution in [0.5, 0.6) is 0 Å². The van der Waals surface area contributed by atoms with E-state index in [1.807, 2.05) is 0 Å². The SMILES string of the molecule is CC1(Cl)CC(B2OC(C)(C)C(C)(C)O2)CCC2CC(=O)CNC21. The van der Waals surface area contributed by atoms with Crippen molar-refractivity contribution >= 4 is 24.5 Å². The van der Waals surface area contributed by atoms with E-state index in [9.17, 15) is 4.79 Å². The number of carbonyl (C=O) groups excluding carboxylic acids is 1. The third kappa shape index (κ3) is 3.22. The van der Waals surface area contributed by atoms with Crippen molar-refractivity contribution in [1.82, 2.24) is 5.32 Å². The van der Waals surface area contributed by atoms with E-state index in [-0.39, 0.29) is 35.1 Å². The van der Waals surface area contributed by atoms with Crippen LogP contribution < -0.4 is 5.32 Å². The van der Waals surface area contributed by atoms with Crippen LogP contribution in [0.2, 0.25) is 5.82 Å². The number of hydrogen-bond acceptors (Lipinski definition) is 4. The number of fused-ring (bicyclic) bond motifs is 1. The van der Waals surface area contributed by atoms with Gasteiger partial charge in [0, 0.05) is 12.5 Å². The van der Waals surface area contributed by atoms with Gasteiger partial charge in [-0.15, -0.1) is 11.6 Å². The van der Waals surface area contributed by atoms with Crippen LogP contribution in [0.1, 0.15) is 60.3 Å². The third-order valence-corrected chi connectivity index (χ3v) is 6.74. The monoisotopic (exact) mass is 341 g/mol. The summed E-state index contributed by atoms with van der Waals surface area (Å²) in [6, 6.07) is 0.189. The van der Waals surface area contributed by atoms with Crippen LogP contribution in [0.15, 0.2) is 0 Å². The first-order valence-electron chi connectivity index (χ1n) is 8.81. The fourth-order valence-electron chi connectivity index (χ4n) is 4.33. The molecule has 130 valence electrons. The quantitative estimate of drug-likeness (QED) is 0.588. The molecule has 0 bridgehead atoms. The Morgan fingerprint density at radius 1 is 1.13 bits per heavy atom. The predicted molar refractivity (Wildman–Crippen MR) is 92.8 cm³/mol. The normalized spacial score (nSPS) is 43.1. The van der Waals surface area contributed by atoms with Gasteiger partial charge in [-0.25, -0.2) is 0 Å². The molecule has 2 saturated heterocycles. The Morgan fingerprint density at radius 2 is 1.74 bits per heavy atom. The Bertz CT molecular complexity index is 478. The summed E-state index contributed by atoms with van der Waals surface area (Å²) in [6.07, 6.45) is 3.49. The van der Waals surface area contributed by atoms with Gasteiger partial charge in [0.1, 0.15) is 5.78 Å². The molecule has 0 aromatic heterocycles. The highest BCUT2D eigenvalue weighted by Gasteiger charge is 2.56. The number of ketones is 1. The van der Waals surface area contributed by atoms with E-state index < -0.39 is 0 Å². The Morgan fingerprint density at radius 3 is 2.35 bits per heavy atom. The molecule has 4 atom stereocenters. The number of piperidine rings is 1. The molecule has 3 fully saturated rings. The smallest absolute Gasteiger partial charge is 0.403 e. The van der Waals surface area contributed by atoms with Gasteiger partial charge in [0.15, 0.2) is 0 Å². The lowest BCUT2D eigenvalue weighted by molar-refractivity contribution is -0.121. The molecular weight excluding hydrogens is 312 g/mol. The standard InChI is InChI=1S/C17H29BClNO3/c1-15(2)16(3,4)23-18(22-15)12-7-6-11-8-13(21)10-20-14(11)17(5,19)9-12/h11-12,14,20H,6-10H2,1-5H3. The summed E-state index contributed by atoms with van der Waals surface area (Å²) in [7, 11) is -0.214. The van der Waals surface area contributed by atoms with E-state index in [1.54, 1.807) is 0 Å². The number of hydrogen-bond donors (Lipinski definition) is 1. The van der Waals surface area contributed by atoms with Crippen LogP contribution in [0, 0.1) is 5.92 Å². The molecule has 2 heterocycles. The van der Waals surface area contributed by atoms with Gasteiger partial charge in [-0.3, -0.25) is 4.79 Å². The molecule has 0 aromatic carbocycles. The molecule has 0 aromatic rings. The predicted octanol–water partition coefficient (Wildman–Crippen LogP) is 3.18. The summed E-state index contributed by atoms with van der Waals surface area (Å²) in [5.74, 6) is 0.889. The van der Waals surface area contributed by atoms with Gasteiger partial charge in [0.05, 0.1) is 22.6 Å². The maximum atomic E-state index is 11.8. The third-order valence-electron chi connectivity index (χ3n) is 6.35. The number of carbonyl (C=O) groups is 1. The van der Waals surface area contributed by atoms with E-state index in [4.69, 9.17) is 20.9 Å². The minimum absolute atomic E-state index is 0.189. The lowest BCUT2D eigenvalue weighted by Crippen LogP contribution is -2.55. The largest absolute Gasteiger partial charge is 0.461 e. The maximum Gasteiger partial charge on any atom is 0.461 e. The first-order chi connectivity index (χ1) is 10.5. The molecule has 3 rings (SSSR count). The molecule has 1 N–H and O–H groups in total. The average Bonchev–Trinajstić information content (AvgIpc) is 2.54. The van der Waals surface area contributed by atoms with E-state index in [0.717, 1.165) is 19.3 Å². The molecule has 4 nitrogen and oxygen atoms in total. The molecule has 0 radical (unpaired) electrons. The van der Waals surface area contributed by atoms with Crippen molar-refractivity contribution in [3.8, 4) is 0 Å². The van der Waals surface area contributed by atoms with Crippen molar-refractivity contribution in [3.05, 3.63) is 0 Å². The van der Waals surface area contributed by atoms with Gasteiger partial charge in [0.2, 0.25) is 0 Å². The van der Waals surface area contributed by atoms with Gasteiger partial charge in [-0.2, -0.15) is 0 Å². The summed E-state index contributed by atoms with van der Waals surface area (Å²) < 4.78 is 12.5. The summed E-state index contributed by atoms with van der Waals surface area (Å²) in [4.78, 5) is 11.4. The Balaban J connectivity index is 1.77. The fraction of sp³-hybridized carbons (Fsp3) is 0.941. The highest BCUT2D eigenvalue weighted by molar-refractivity contribution is 6.47. The second-order valence-corrected chi connectivity index (χ2v) is 9.67. The van der Waals surface area contributed by atoms with Crippen molar-refractivity contribution in [2.75, 3.05) is 6.54 Å². The minimum atomic E-state index is -0.379. The molecule has 1 aliphatic carbocycles. The number of rotatable bonds is 1. The van der Waals surface area contributed by atoms with Gasteiger partial charge in [-0.05, 0) is 59.2 Å². The van der Waals surface area contributed by atoms with Crippen LogP contribution in [-0.2, 0) is 14.1 Å². The van der Waals surface area contributed by atoms with Crippen molar-refractivity contribution in [3.63, 3.8) is 0 Å². The minimum Gasteiger partial charge on any atom is -0.403 e. The van der Waals surface area contributed by atoms with Crippen LogP contribution in [-0.4, -0.2) is 41.6 Å². The summed E-state index contributed by atoms with van der Waals surface area (Å²) in [6.45, 7) is 10.9. The van der Waals surface area contributed by atoms with Gasteiger partial charge < -0.3 is 14.6 Å². The van der Waals surface area contributed by atoms with E-state index in [1.165, 1.54) is 0 Å². The molecule has 1 saturated carbocycles. The van der Waals surface area contributed by atoms with Crippen molar-refractivity contribution in [2.45, 2.75) is 88.2 Å². The van der Waals surface area contributed by atoms with Crippen LogP contribution in [0.4, 0.5) is 0 Å². The maximum absolute atomic E-state index is 11.8. The number of nitrogens with one attached hydrogen (secondary N) is 1. The zero-order valence-corrected chi connectivity index (χ0v) is 15.7. The van der Waals surface area contributed by atoms with Crippen LogP contribution in [0.3, 0.4) is 0 Å². The fourth-order valence-corrected chi connectivity index (χ4v) is 4.78. The highest BCUT2D eigenvalue weighted by Crippen LogP contribution is 2.48. The van der Waals surface area contributed by atoms with E-state index in [0.29, 0.717) is 24.7 Å². The van der Waals surface area contributed by atoms with Crippen molar-refractivity contribution in [1.29, 1.82) is 0 Å². The Hall–Kier alpha value is -0.0951. The lowest BCUT2D eigenvalue weighted by Gasteiger charge is -2.39. The molecule has 0 amide bonds. The zero-order chi connectivity index (χ0) is 17.0. The molecule has 0 spiro atoms. The molecule has 2 aliphatic heterocycles. The molecular formula is C17H29BClNO3. The first kappa shape index (κ1) is 17.7. The van der Waals surface area contributed by atoms with Crippen molar-refractivity contribution in [2.24, 2.45) is 5.92 Å². The topological polar surface area (TPSA) is 47.6 Å². The average molecular weight is 342 g/mol. The Labute approximate surface area is 145 Å². The summed E-state index contributed by atoms with van der Waals surface area (Å²) >= 11 is 6.93. The molecule has 3 aliphatic rings. The van der Waals surface area contributed by atoms with Gasteiger partial charge in [0.25, 0.3) is 0 Å². The number of Topliss-reactive ketones (excluding diaryl/α,β-unsaturated/α-hetero) is 1. The van der Waals surface area contributed by atoms with Crippen molar-refractivity contribution < 1.29 is 14.1 Å². The van der Waals surface area contributed by atoms with Crippen LogP contribution >= 0.6 is 11.6 Å². The highest BCUT2D eigenvalue weighted by atomic mass is 35.5. The van der Waals surface area contributed by atoms with Gasteiger partial charge >= 0.3 is 7.12 Å². The van der Waals surface area contributed by atoms with E-state index >= 15 is 0 Å². The van der Waals surface area contributed by atoms with Crippen LogP contribution in [0.25, 0.3) is 0 Å². The number of alkyl halides is 1. The summed E-state index contributed by atoms with van der Waals surface area (Å²) in [5, 5.41) is 3.38. The summed E-state index contributed by atoms with van der Waals surface area (Å²) in [5.41, 5.74) is -0.624. The molecule has 4 unspecified atom stereocenters. The Kier molecular flexibility index (Phi) is 4.41. The lowest BCUT2D eigenvalue weighted by atomic mass is 9.66. The second kappa shape index (κ2) is 5.72. The first-order valence-corrected chi connectivity index (χ1v) is 9.19. The molecule has 23 heavy (non-hydrogen) atoms. The molecule has 6 heteroatoms.